The van der Waals surface area contributed by atoms with Gasteiger partial charge in [0.05, 0.1) is 18.6 Å². The number of hydrogen-bond donors (Lipinski definition) is 1. The van der Waals surface area contributed by atoms with Gasteiger partial charge in [-0.3, -0.25) is 9.59 Å². The van der Waals surface area contributed by atoms with Crippen LogP contribution in [0, 0.1) is 5.92 Å². The molecule has 7 nitrogen and oxygen atoms in total. The van der Waals surface area contributed by atoms with Crippen molar-refractivity contribution in [3.63, 3.8) is 0 Å². The molecular weight excluding hydrogens is 334 g/mol. The van der Waals surface area contributed by atoms with E-state index in [2.05, 4.69) is 5.32 Å². The SMILES string of the molecule is CCOC(=O)[C@H]1CCCN(C(=O)N[C@H]2CC(=O)N(c3ccccc3)C2)C1. The van der Waals surface area contributed by atoms with Gasteiger partial charge in [-0.2, -0.15) is 0 Å². The standard InChI is InChI=1S/C19H25N3O4/c1-2-26-18(24)14-7-6-10-21(12-14)19(25)20-15-11-17(23)22(13-15)16-8-4-3-5-9-16/h3-5,8-9,14-15H,2,6-7,10-13H2,1H3,(H,20,25)/t14-,15-/m0/s1. The molecule has 3 amide bonds. The molecule has 2 aliphatic heterocycles. The number of urea groups is 1. The van der Waals surface area contributed by atoms with Crippen LogP contribution in [0.4, 0.5) is 10.5 Å². The molecule has 2 heterocycles. The van der Waals surface area contributed by atoms with E-state index in [1.807, 2.05) is 30.3 Å². The molecule has 3 rings (SSSR count). The van der Waals surface area contributed by atoms with Crippen LogP contribution in [0.25, 0.3) is 0 Å². The summed E-state index contributed by atoms with van der Waals surface area (Å²) >= 11 is 0. The summed E-state index contributed by atoms with van der Waals surface area (Å²) in [4.78, 5) is 40.1. The third kappa shape index (κ3) is 4.15. The van der Waals surface area contributed by atoms with Crippen molar-refractivity contribution in [1.29, 1.82) is 0 Å². The summed E-state index contributed by atoms with van der Waals surface area (Å²) in [7, 11) is 0. The van der Waals surface area contributed by atoms with Crippen molar-refractivity contribution < 1.29 is 19.1 Å². The number of rotatable bonds is 4. The zero-order valence-electron chi connectivity index (χ0n) is 15.0. The van der Waals surface area contributed by atoms with Gasteiger partial charge < -0.3 is 19.9 Å². The maximum atomic E-state index is 12.6. The van der Waals surface area contributed by atoms with Gasteiger partial charge in [-0.15, -0.1) is 0 Å². The smallest absolute Gasteiger partial charge is 0.317 e. The number of carbonyl (C=O) groups is 3. The first-order valence-corrected chi connectivity index (χ1v) is 9.16. The molecule has 2 fully saturated rings. The summed E-state index contributed by atoms with van der Waals surface area (Å²) < 4.78 is 5.07. The molecule has 1 aromatic rings. The molecule has 0 spiro atoms. The van der Waals surface area contributed by atoms with Gasteiger partial charge in [-0.05, 0) is 31.9 Å². The first-order valence-electron chi connectivity index (χ1n) is 9.16. The number of likely N-dealkylation sites (tertiary alicyclic amines) is 1. The molecule has 0 aliphatic carbocycles. The molecule has 2 aliphatic rings. The highest BCUT2D eigenvalue weighted by molar-refractivity contribution is 5.96. The Morgan fingerprint density at radius 1 is 1.23 bits per heavy atom. The van der Waals surface area contributed by atoms with Gasteiger partial charge in [0, 0.05) is 31.7 Å². The number of nitrogens with zero attached hydrogens (tertiary/aromatic N) is 2. The Kier molecular flexibility index (Phi) is 5.75. The van der Waals surface area contributed by atoms with Crippen LogP contribution >= 0.6 is 0 Å². The Morgan fingerprint density at radius 3 is 2.73 bits per heavy atom. The molecule has 0 aromatic heterocycles. The molecule has 2 saturated heterocycles. The molecule has 0 bridgehead atoms. The van der Waals surface area contributed by atoms with E-state index in [9.17, 15) is 14.4 Å². The molecule has 0 unspecified atom stereocenters. The summed E-state index contributed by atoms with van der Waals surface area (Å²) in [6.07, 6.45) is 1.80. The van der Waals surface area contributed by atoms with Crippen LogP contribution < -0.4 is 10.2 Å². The minimum atomic E-state index is -0.263. The molecule has 7 heteroatoms. The summed E-state index contributed by atoms with van der Waals surface area (Å²) in [5.74, 6) is -0.499. The molecular formula is C19H25N3O4. The van der Waals surface area contributed by atoms with Gasteiger partial charge >= 0.3 is 12.0 Å². The van der Waals surface area contributed by atoms with Gasteiger partial charge in [0.1, 0.15) is 0 Å². The van der Waals surface area contributed by atoms with Gasteiger partial charge in [0.15, 0.2) is 0 Å². The fraction of sp³-hybridized carbons (Fsp3) is 0.526. The molecule has 1 N–H and O–H groups in total. The maximum Gasteiger partial charge on any atom is 0.317 e. The summed E-state index contributed by atoms with van der Waals surface area (Å²) in [5.41, 5.74) is 0.842. The number of hydrogen-bond acceptors (Lipinski definition) is 4. The maximum absolute atomic E-state index is 12.6. The topological polar surface area (TPSA) is 79.0 Å². The van der Waals surface area contributed by atoms with Gasteiger partial charge in [-0.25, -0.2) is 4.79 Å². The van der Waals surface area contributed by atoms with Crippen LogP contribution in [-0.4, -0.2) is 55.1 Å². The Hall–Kier alpha value is -2.57. The minimum Gasteiger partial charge on any atom is -0.466 e. The van der Waals surface area contributed by atoms with Crippen LogP contribution in [0.1, 0.15) is 26.2 Å². The van der Waals surface area contributed by atoms with E-state index in [1.54, 1.807) is 16.7 Å². The van der Waals surface area contributed by atoms with E-state index in [0.29, 0.717) is 26.2 Å². The third-order valence-electron chi connectivity index (χ3n) is 4.85. The van der Waals surface area contributed by atoms with E-state index in [-0.39, 0.29) is 36.3 Å². The predicted octanol–water partition coefficient (Wildman–Crippen LogP) is 1.78. The van der Waals surface area contributed by atoms with Crippen molar-refractivity contribution in [2.45, 2.75) is 32.2 Å². The van der Waals surface area contributed by atoms with Crippen molar-refractivity contribution in [3.05, 3.63) is 30.3 Å². The summed E-state index contributed by atoms with van der Waals surface area (Å²) in [6.45, 7) is 3.57. The highest BCUT2D eigenvalue weighted by Gasteiger charge is 2.34. The normalized spacial score (nSPS) is 23.0. The monoisotopic (exact) mass is 359 g/mol. The molecule has 140 valence electrons. The highest BCUT2D eigenvalue weighted by Crippen LogP contribution is 2.22. The van der Waals surface area contributed by atoms with Gasteiger partial charge in [-0.1, -0.05) is 18.2 Å². The van der Waals surface area contributed by atoms with Crippen molar-refractivity contribution >= 4 is 23.6 Å². The lowest BCUT2D eigenvalue weighted by molar-refractivity contribution is -0.149. The lowest BCUT2D eigenvalue weighted by atomic mass is 9.98. The van der Waals surface area contributed by atoms with Crippen LogP contribution in [0.2, 0.25) is 0 Å². The number of para-hydroxylation sites is 1. The van der Waals surface area contributed by atoms with Gasteiger partial charge in [0.25, 0.3) is 0 Å². The number of amides is 3. The second-order valence-corrected chi connectivity index (χ2v) is 6.73. The number of nitrogens with one attached hydrogen (secondary N) is 1. The van der Waals surface area contributed by atoms with Gasteiger partial charge in [0.2, 0.25) is 5.91 Å². The first kappa shape index (κ1) is 18.2. The van der Waals surface area contributed by atoms with E-state index < -0.39 is 0 Å². The Labute approximate surface area is 153 Å². The number of piperidine rings is 1. The van der Waals surface area contributed by atoms with Crippen molar-refractivity contribution in [3.8, 4) is 0 Å². The Bertz CT molecular complexity index is 664. The summed E-state index contributed by atoms with van der Waals surface area (Å²) in [5, 5.41) is 2.94. The molecule has 26 heavy (non-hydrogen) atoms. The zero-order valence-corrected chi connectivity index (χ0v) is 15.0. The fourth-order valence-electron chi connectivity index (χ4n) is 3.54. The minimum absolute atomic E-state index is 0.00421. The largest absolute Gasteiger partial charge is 0.466 e. The lowest BCUT2D eigenvalue weighted by Crippen LogP contribution is -2.50. The first-order chi connectivity index (χ1) is 12.6. The number of anilines is 1. The van der Waals surface area contributed by atoms with Crippen LogP contribution in [0.3, 0.4) is 0 Å². The number of esters is 1. The van der Waals surface area contributed by atoms with Crippen LogP contribution in [0.5, 0.6) is 0 Å². The molecule has 0 radical (unpaired) electrons. The Balaban J connectivity index is 1.55. The summed E-state index contributed by atoms with van der Waals surface area (Å²) in [6, 6.07) is 9.01. The second-order valence-electron chi connectivity index (χ2n) is 6.73. The van der Waals surface area contributed by atoms with E-state index in [4.69, 9.17) is 4.74 Å². The van der Waals surface area contributed by atoms with E-state index in [1.165, 1.54) is 0 Å². The van der Waals surface area contributed by atoms with E-state index in [0.717, 1.165) is 18.5 Å². The molecule has 1 aromatic carbocycles. The zero-order chi connectivity index (χ0) is 18.5. The lowest BCUT2D eigenvalue weighted by Gasteiger charge is -2.32. The van der Waals surface area contributed by atoms with Crippen molar-refractivity contribution in [1.82, 2.24) is 10.2 Å². The average Bonchev–Trinajstić information content (AvgIpc) is 3.03. The molecule has 2 atom stereocenters. The quantitative estimate of drug-likeness (QED) is 0.831. The average molecular weight is 359 g/mol. The number of benzene rings is 1. The third-order valence-corrected chi connectivity index (χ3v) is 4.85. The molecule has 0 saturated carbocycles. The fourth-order valence-corrected chi connectivity index (χ4v) is 3.54. The van der Waals surface area contributed by atoms with Crippen LogP contribution in [0.15, 0.2) is 30.3 Å². The number of ether oxygens (including phenoxy) is 1. The van der Waals surface area contributed by atoms with Crippen molar-refractivity contribution in [2.24, 2.45) is 5.92 Å². The second kappa shape index (κ2) is 8.21. The van der Waals surface area contributed by atoms with Crippen molar-refractivity contribution in [2.75, 3.05) is 31.1 Å². The van der Waals surface area contributed by atoms with Crippen LogP contribution in [-0.2, 0) is 14.3 Å². The predicted molar refractivity (Wildman–Crippen MR) is 96.7 cm³/mol. The van der Waals surface area contributed by atoms with E-state index >= 15 is 0 Å². The Morgan fingerprint density at radius 2 is 2.00 bits per heavy atom. The number of carbonyl (C=O) groups excluding carboxylic acids is 3. The highest BCUT2D eigenvalue weighted by atomic mass is 16.5.